The van der Waals surface area contributed by atoms with Gasteiger partial charge in [-0.1, -0.05) is 0 Å². The molecule has 29 heavy (non-hydrogen) atoms. The molecule has 0 saturated heterocycles. The third-order valence-corrected chi connectivity index (χ3v) is 6.15. The molecular formula is C22H27N3O4. The number of carboxylic acid groups (broad SMARTS) is 1. The van der Waals surface area contributed by atoms with Crippen LogP contribution in [0.3, 0.4) is 0 Å². The molecule has 4 rings (SSSR count). The second kappa shape index (κ2) is 8.35. The highest BCUT2D eigenvalue weighted by atomic mass is 16.5. The molecule has 2 aliphatic rings. The Morgan fingerprint density at radius 1 is 1.17 bits per heavy atom. The van der Waals surface area contributed by atoms with E-state index in [0.29, 0.717) is 43.0 Å². The summed E-state index contributed by atoms with van der Waals surface area (Å²) in [5.74, 6) is 2.30. The smallest absolute Gasteiger partial charge is 0.306 e. The maximum Gasteiger partial charge on any atom is 0.306 e. The molecule has 1 N–H and O–H groups in total. The van der Waals surface area contributed by atoms with Gasteiger partial charge >= 0.3 is 5.97 Å². The summed E-state index contributed by atoms with van der Waals surface area (Å²) in [4.78, 5) is 24.6. The molecule has 0 aromatic carbocycles. The van der Waals surface area contributed by atoms with Gasteiger partial charge in [-0.3, -0.25) is 9.78 Å². The summed E-state index contributed by atoms with van der Waals surface area (Å²) in [5, 5.41) is 9.22. The Bertz CT molecular complexity index is 863. The molecule has 7 nitrogen and oxygen atoms in total. The van der Waals surface area contributed by atoms with E-state index < -0.39 is 5.97 Å². The second-order valence-electron chi connectivity index (χ2n) is 8.10. The maximum absolute atomic E-state index is 11.2. The van der Waals surface area contributed by atoms with Crippen molar-refractivity contribution in [1.82, 2.24) is 15.0 Å². The van der Waals surface area contributed by atoms with Gasteiger partial charge in [-0.05, 0) is 57.1 Å². The van der Waals surface area contributed by atoms with E-state index in [1.165, 1.54) is 0 Å². The van der Waals surface area contributed by atoms with Crippen molar-refractivity contribution in [3.05, 3.63) is 41.6 Å². The normalized spacial score (nSPS) is 26.0. The van der Waals surface area contributed by atoms with Crippen LogP contribution >= 0.6 is 0 Å². The number of aromatic nitrogens is 3. The summed E-state index contributed by atoms with van der Waals surface area (Å²) in [5.41, 5.74) is 2.09. The monoisotopic (exact) mass is 397 g/mol. The zero-order valence-corrected chi connectivity index (χ0v) is 16.9. The average molecular weight is 397 g/mol. The molecule has 0 radical (unpaired) electrons. The number of aryl methyl sites for hydroxylation is 1. The minimum absolute atomic E-state index is 0.230. The van der Waals surface area contributed by atoms with Crippen LogP contribution in [0.25, 0.3) is 0 Å². The van der Waals surface area contributed by atoms with E-state index >= 15 is 0 Å². The zero-order valence-electron chi connectivity index (χ0n) is 16.9. The number of hydrogen-bond acceptors (Lipinski definition) is 6. The molecule has 154 valence electrons. The highest BCUT2D eigenvalue weighted by molar-refractivity contribution is 5.70. The number of carbonyl (C=O) groups is 1. The van der Waals surface area contributed by atoms with Crippen molar-refractivity contribution in [2.75, 3.05) is 13.7 Å². The first-order valence-corrected chi connectivity index (χ1v) is 10.2. The SMILES string of the molecule is COc1ccc([C@H]2C[C@@H]2COc2nc(C)ncc2C2CCC(C(=O)O)CC2)nc1. The molecule has 2 saturated carbocycles. The molecule has 0 amide bonds. The molecular weight excluding hydrogens is 370 g/mol. The third-order valence-electron chi connectivity index (χ3n) is 6.15. The van der Waals surface area contributed by atoms with Crippen molar-refractivity contribution in [2.24, 2.45) is 11.8 Å². The minimum atomic E-state index is -0.688. The molecule has 2 heterocycles. The van der Waals surface area contributed by atoms with E-state index in [2.05, 4.69) is 15.0 Å². The zero-order chi connectivity index (χ0) is 20.4. The van der Waals surface area contributed by atoms with Crippen LogP contribution in [0.15, 0.2) is 24.5 Å². The molecule has 2 aromatic heterocycles. The van der Waals surface area contributed by atoms with E-state index in [0.717, 1.165) is 36.3 Å². The lowest BCUT2D eigenvalue weighted by molar-refractivity contribution is -0.142. The van der Waals surface area contributed by atoms with Crippen LogP contribution < -0.4 is 9.47 Å². The lowest BCUT2D eigenvalue weighted by atomic mass is 9.79. The first-order valence-electron chi connectivity index (χ1n) is 10.2. The standard InChI is InChI=1S/C22H27N3O4/c1-13-23-11-19(14-3-5-15(6-4-14)22(26)27)21(25-13)29-12-16-9-18(16)20-8-7-17(28-2)10-24-20/h7-8,10-11,14-16,18H,3-6,9,12H2,1-2H3,(H,26,27)/t14?,15?,16-,18+/m1/s1. The predicted molar refractivity (Wildman–Crippen MR) is 106 cm³/mol. The van der Waals surface area contributed by atoms with Gasteiger partial charge < -0.3 is 14.6 Å². The Hall–Kier alpha value is -2.70. The van der Waals surface area contributed by atoms with Crippen molar-refractivity contribution in [1.29, 1.82) is 0 Å². The average Bonchev–Trinajstić information content (AvgIpc) is 3.52. The largest absolute Gasteiger partial charge is 0.495 e. The first-order chi connectivity index (χ1) is 14.0. The van der Waals surface area contributed by atoms with Gasteiger partial charge in [-0.25, -0.2) is 4.98 Å². The molecule has 2 aliphatic carbocycles. The second-order valence-corrected chi connectivity index (χ2v) is 8.10. The fourth-order valence-electron chi connectivity index (χ4n) is 4.22. The molecule has 2 atom stereocenters. The van der Waals surface area contributed by atoms with Crippen LogP contribution in [0.4, 0.5) is 0 Å². The van der Waals surface area contributed by atoms with Gasteiger partial charge in [-0.2, -0.15) is 4.98 Å². The van der Waals surface area contributed by atoms with Crippen LogP contribution in [0, 0.1) is 18.8 Å². The molecule has 2 fully saturated rings. The van der Waals surface area contributed by atoms with E-state index in [1.54, 1.807) is 13.3 Å². The van der Waals surface area contributed by atoms with Crippen LogP contribution in [-0.2, 0) is 4.79 Å². The van der Waals surface area contributed by atoms with Gasteiger partial charge in [0.25, 0.3) is 0 Å². The number of carboxylic acids is 1. The Kier molecular flexibility index (Phi) is 5.65. The molecule has 0 aliphatic heterocycles. The van der Waals surface area contributed by atoms with Gasteiger partial charge in [-0.15, -0.1) is 0 Å². The molecule has 2 aromatic rings. The molecule has 0 bridgehead atoms. The molecule has 7 heteroatoms. The lowest BCUT2D eigenvalue weighted by Gasteiger charge is -2.27. The van der Waals surface area contributed by atoms with Gasteiger partial charge in [0.2, 0.25) is 5.88 Å². The van der Waals surface area contributed by atoms with Crippen LogP contribution in [0.5, 0.6) is 11.6 Å². The van der Waals surface area contributed by atoms with E-state index in [9.17, 15) is 9.90 Å². The summed E-state index contributed by atoms with van der Waals surface area (Å²) in [6.07, 6.45) is 7.73. The number of methoxy groups -OCH3 is 1. The van der Waals surface area contributed by atoms with Crippen molar-refractivity contribution in [3.63, 3.8) is 0 Å². The van der Waals surface area contributed by atoms with Crippen LogP contribution in [-0.4, -0.2) is 39.7 Å². The summed E-state index contributed by atoms with van der Waals surface area (Å²) in [7, 11) is 1.64. The summed E-state index contributed by atoms with van der Waals surface area (Å²) < 4.78 is 11.3. The number of ether oxygens (including phenoxy) is 2. The third kappa shape index (κ3) is 4.49. The molecule has 0 spiro atoms. The van der Waals surface area contributed by atoms with Gasteiger partial charge in [0, 0.05) is 29.3 Å². The summed E-state index contributed by atoms with van der Waals surface area (Å²) in [6, 6.07) is 3.96. The van der Waals surface area contributed by atoms with Crippen molar-refractivity contribution in [2.45, 2.75) is 50.9 Å². The quantitative estimate of drug-likeness (QED) is 0.761. The number of hydrogen-bond donors (Lipinski definition) is 1. The topological polar surface area (TPSA) is 94.4 Å². The van der Waals surface area contributed by atoms with E-state index in [1.807, 2.05) is 25.3 Å². The van der Waals surface area contributed by atoms with Crippen molar-refractivity contribution in [3.8, 4) is 11.6 Å². The Morgan fingerprint density at radius 3 is 2.62 bits per heavy atom. The number of rotatable bonds is 7. The minimum Gasteiger partial charge on any atom is -0.495 e. The number of nitrogens with zero attached hydrogens (tertiary/aromatic N) is 3. The van der Waals surface area contributed by atoms with E-state index in [4.69, 9.17) is 9.47 Å². The number of aliphatic carboxylic acids is 1. The maximum atomic E-state index is 11.2. The fourth-order valence-corrected chi connectivity index (χ4v) is 4.22. The van der Waals surface area contributed by atoms with Crippen LogP contribution in [0.2, 0.25) is 0 Å². The van der Waals surface area contributed by atoms with E-state index in [-0.39, 0.29) is 11.8 Å². The summed E-state index contributed by atoms with van der Waals surface area (Å²) >= 11 is 0. The van der Waals surface area contributed by atoms with Crippen molar-refractivity contribution >= 4 is 5.97 Å². The van der Waals surface area contributed by atoms with Crippen molar-refractivity contribution < 1.29 is 19.4 Å². The highest BCUT2D eigenvalue weighted by Crippen LogP contribution is 2.47. The van der Waals surface area contributed by atoms with Gasteiger partial charge in [0.15, 0.2) is 0 Å². The fraction of sp³-hybridized carbons (Fsp3) is 0.545. The highest BCUT2D eigenvalue weighted by Gasteiger charge is 2.40. The molecule has 0 unspecified atom stereocenters. The Balaban J connectivity index is 1.38. The summed E-state index contributed by atoms with van der Waals surface area (Å²) in [6.45, 7) is 2.46. The Labute approximate surface area is 170 Å². The van der Waals surface area contributed by atoms with Gasteiger partial charge in [0.1, 0.15) is 11.6 Å². The first kappa shape index (κ1) is 19.6. The van der Waals surface area contributed by atoms with Gasteiger partial charge in [0.05, 0.1) is 25.8 Å². The van der Waals surface area contributed by atoms with Crippen LogP contribution in [0.1, 0.15) is 61.0 Å². The Morgan fingerprint density at radius 2 is 1.97 bits per heavy atom. The lowest BCUT2D eigenvalue weighted by Crippen LogP contribution is -2.21. The number of pyridine rings is 1. The predicted octanol–water partition coefficient (Wildman–Crippen LogP) is 3.73.